The molecule has 0 aromatic heterocycles. The number of hydrogen-bond acceptors (Lipinski definition) is 2. The minimum atomic E-state index is 0. The van der Waals surface area contributed by atoms with E-state index in [4.69, 9.17) is 5.11 Å². The molecule has 0 amide bonds. The van der Waals surface area contributed by atoms with Crippen molar-refractivity contribution in [3.05, 3.63) is 0 Å². The predicted molar refractivity (Wildman–Crippen MR) is 20.7 cm³/mol. The number of hydrogen-bond donors (Lipinski definition) is 2. The molecule has 0 saturated heterocycles. The lowest BCUT2D eigenvalue weighted by atomic mass is 10.9. The van der Waals surface area contributed by atoms with E-state index in [2.05, 4.69) is 0 Å². The van der Waals surface area contributed by atoms with Crippen LogP contribution in [0.25, 0.3) is 0 Å². The Hall–Kier alpha value is -0.120. The first kappa shape index (κ1) is 20.8. The van der Waals surface area contributed by atoms with Gasteiger partial charge in [-0.25, -0.2) is 0 Å². The van der Waals surface area contributed by atoms with Crippen molar-refractivity contribution in [2.45, 2.75) is 6.92 Å². The maximum absolute atomic E-state index is 7.57. The lowest BCUT2D eigenvalue weighted by Gasteiger charge is -1.52. The van der Waals surface area contributed by atoms with Crippen molar-refractivity contribution in [3.8, 4) is 0 Å². The van der Waals surface area contributed by atoms with Crippen LogP contribution in [0.15, 0.2) is 0 Å². The first-order chi connectivity index (χ1) is 1.41. The van der Waals surface area contributed by atoms with Crippen LogP contribution in [-0.2, 0) is 0 Å². The van der Waals surface area contributed by atoms with Gasteiger partial charge in [0.2, 0.25) is 0 Å². The molecule has 0 aromatic carbocycles. The fourth-order valence-electron chi connectivity index (χ4n) is 0. The minimum absolute atomic E-state index is 0. The van der Waals surface area contributed by atoms with Crippen LogP contribution >= 0.6 is 0 Å². The molecular formula is C2H11NO2. The van der Waals surface area contributed by atoms with E-state index >= 15 is 0 Å². The summed E-state index contributed by atoms with van der Waals surface area (Å²) in [4.78, 5) is 0. The van der Waals surface area contributed by atoms with Gasteiger partial charge in [0.25, 0.3) is 0 Å². The Kier molecular flexibility index (Phi) is 173. The highest BCUT2D eigenvalue weighted by molar-refractivity contribution is 3.84. The number of aliphatic hydroxyl groups is 1. The SMILES string of the molecule is CCO.[NH4+].[OH-]. The molecule has 0 bridgehead atoms. The fraction of sp³-hybridized carbons (Fsp3) is 1.00. The Morgan fingerprint density at radius 1 is 1.60 bits per heavy atom. The normalized spacial score (nSPS) is 3.60. The molecular weight excluding hydrogens is 70.0 g/mol. The summed E-state index contributed by atoms with van der Waals surface area (Å²) in [5, 5.41) is 7.57. The third-order valence-electron chi connectivity index (χ3n) is 0. The molecule has 6 N–H and O–H groups in total. The molecule has 3 heteroatoms. The highest BCUT2D eigenvalue weighted by Gasteiger charge is 1.34. The van der Waals surface area contributed by atoms with Crippen LogP contribution in [0.1, 0.15) is 6.92 Å². The quantitative estimate of drug-likeness (QED) is 0.436. The summed E-state index contributed by atoms with van der Waals surface area (Å²) in [6.07, 6.45) is 0. The standard InChI is InChI=1S/C2H6O.H3N.H2O/c1-2-3;;/h3H,2H2,1H3;1H3;1H2. The van der Waals surface area contributed by atoms with Gasteiger partial charge in [0.1, 0.15) is 0 Å². The Labute approximate surface area is 31.5 Å². The van der Waals surface area contributed by atoms with Gasteiger partial charge in [-0.15, -0.1) is 0 Å². The second kappa shape index (κ2) is 41.6. The van der Waals surface area contributed by atoms with Gasteiger partial charge in [-0.05, 0) is 6.92 Å². The lowest BCUT2D eigenvalue weighted by molar-refractivity contribution is 0.318. The highest BCUT2D eigenvalue weighted by Crippen LogP contribution is 1.30. The molecule has 0 aromatic rings. The zero-order chi connectivity index (χ0) is 2.71. The second-order valence-corrected chi connectivity index (χ2v) is 0.316. The molecule has 3 nitrogen and oxygen atoms in total. The van der Waals surface area contributed by atoms with Gasteiger partial charge in [0, 0.05) is 6.61 Å². The number of aliphatic hydroxyl groups excluding tert-OH is 1. The van der Waals surface area contributed by atoms with Crippen molar-refractivity contribution in [1.29, 1.82) is 0 Å². The van der Waals surface area contributed by atoms with E-state index < -0.39 is 0 Å². The molecule has 5 heavy (non-hydrogen) atoms. The van der Waals surface area contributed by atoms with Gasteiger partial charge in [-0.2, -0.15) is 0 Å². The highest BCUT2D eigenvalue weighted by atomic mass is 16.2. The van der Waals surface area contributed by atoms with Crippen LogP contribution in [0, 0.1) is 0 Å². The first-order valence-electron chi connectivity index (χ1n) is 1.02. The zero-order valence-electron chi connectivity index (χ0n) is 3.60. The van der Waals surface area contributed by atoms with E-state index in [-0.39, 0.29) is 18.2 Å². The van der Waals surface area contributed by atoms with Gasteiger partial charge in [0.05, 0.1) is 0 Å². The van der Waals surface area contributed by atoms with Gasteiger partial charge in [-0.3, -0.25) is 0 Å². The predicted octanol–water partition coefficient (Wildman–Crippen LogP) is 0.198. The molecule has 0 aliphatic carbocycles. The molecule has 0 fully saturated rings. The van der Waals surface area contributed by atoms with E-state index in [1.165, 1.54) is 0 Å². The Morgan fingerprint density at radius 2 is 1.60 bits per heavy atom. The Balaban J connectivity index is -0.0000000200. The van der Waals surface area contributed by atoms with Crippen molar-refractivity contribution in [2.75, 3.05) is 6.61 Å². The average molecular weight is 81.1 g/mol. The molecule has 0 rings (SSSR count). The summed E-state index contributed by atoms with van der Waals surface area (Å²) < 4.78 is 0. The zero-order valence-corrected chi connectivity index (χ0v) is 3.60. The topological polar surface area (TPSA) is 86.7 Å². The van der Waals surface area contributed by atoms with Crippen molar-refractivity contribution in [1.82, 2.24) is 6.15 Å². The van der Waals surface area contributed by atoms with E-state index in [9.17, 15) is 0 Å². The minimum Gasteiger partial charge on any atom is -0.870 e. The third kappa shape index (κ3) is 952. The van der Waals surface area contributed by atoms with E-state index in [1.54, 1.807) is 6.92 Å². The van der Waals surface area contributed by atoms with Crippen LogP contribution in [0.5, 0.6) is 0 Å². The molecule has 0 spiro atoms. The largest absolute Gasteiger partial charge is 0.870 e. The summed E-state index contributed by atoms with van der Waals surface area (Å²) >= 11 is 0. The van der Waals surface area contributed by atoms with Crippen LogP contribution in [0.4, 0.5) is 0 Å². The van der Waals surface area contributed by atoms with Gasteiger partial charge in [0.15, 0.2) is 0 Å². The molecule has 0 unspecified atom stereocenters. The van der Waals surface area contributed by atoms with Crippen LogP contribution < -0.4 is 6.15 Å². The van der Waals surface area contributed by atoms with Gasteiger partial charge in [-0.1, -0.05) is 0 Å². The number of rotatable bonds is 0. The number of quaternary nitrogens is 1. The van der Waals surface area contributed by atoms with Crippen LogP contribution in [0.3, 0.4) is 0 Å². The molecule has 0 atom stereocenters. The van der Waals surface area contributed by atoms with Crippen molar-refractivity contribution in [3.63, 3.8) is 0 Å². The maximum Gasteiger partial charge on any atom is 0.0402 e. The third-order valence-corrected chi connectivity index (χ3v) is 0. The smallest absolute Gasteiger partial charge is 0.0402 e. The fourth-order valence-corrected chi connectivity index (χ4v) is 0. The monoisotopic (exact) mass is 81.1 g/mol. The lowest BCUT2D eigenvalue weighted by Crippen LogP contribution is -1.57. The van der Waals surface area contributed by atoms with E-state index in [0.717, 1.165) is 0 Å². The average Bonchev–Trinajstić information content (AvgIpc) is 0.918. The molecule has 0 heterocycles. The van der Waals surface area contributed by atoms with Gasteiger partial charge < -0.3 is 16.7 Å². The Morgan fingerprint density at radius 3 is 1.60 bits per heavy atom. The van der Waals surface area contributed by atoms with Crippen molar-refractivity contribution >= 4 is 0 Å². The summed E-state index contributed by atoms with van der Waals surface area (Å²) in [5.74, 6) is 0. The van der Waals surface area contributed by atoms with Crippen molar-refractivity contribution < 1.29 is 10.6 Å². The van der Waals surface area contributed by atoms with E-state index in [1.807, 2.05) is 0 Å². The molecule has 0 saturated carbocycles. The Bertz CT molecular complexity index is 7.61. The van der Waals surface area contributed by atoms with Crippen LogP contribution in [0.2, 0.25) is 0 Å². The summed E-state index contributed by atoms with van der Waals surface area (Å²) in [6, 6.07) is 0. The second-order valence-electron chi connectivity index (χ2n) is 0.316. The summed E-state index contributed by atoms with van der Waals surface area (Å²) in [5.41, 5.74) is 0. The molecule has 0 aliphatic heterocycles. The molecule has 36 valence electrons. The van der Waals surface area contributed by atoms with E-state index in [0.29, 0.717) is 0 Å². The van der Waals surface area contributed by atoms with Crippen LogP contribution in [-0.4, -0.2) is 17.2 Å². The first-order valence-corrected chi connectivity index (χ1v) is 1.02. The molecule has 0 radical (unpaired) electrons. The van der Waals surface area contributed by atoms with Crippen molar-refractivity contribution in [2.24, 2.45) is 0 Å². The summed E-state index contributed by atoms with van der Waals surface area (Å²) in [7, 11) is 0. The van der Waals surface area contributed by atoms with Gasteiger partial charge >= 0.3 is 0 Å². The molecule has 0 aliphatic rings. The summed E-state index contributed by atoms with van der Waals surface area (Å²) in [6.45, 7) is 1.93. The maximum atomic E-state index is 7.57.